The highest BCUT2D eigenvalue weighted by molar-refractivity contribution is 7.18. The Morgan fingerprint density at radius 2 is 2.19 bits per heavy atom. The zero-order chi connectivity index (χ0) is 19.6. The lowest BCUT2D eigenvalue weighted by Gasteiger charge is -2.25. The predicted octanol–water partition coefficient (Wildman–Crippen LogP) is 4.87. The Balaban J connectivity index is 1.99. The van der Waals surface area contributed by atoms with Crippen LogP contribution in [0.5, 0.6) is 0 Å². The van der Waals surface area contributed by atoms with E-state index in [4.69, 9.17) is 17.0 Å². The predicted molar refractivity (Wildman–Crippen MR) is 101 cm³/mol. The molecule has 0 aromatic carbocycles. The molecule has 27 heavy (non-hydrogen) atoms. The summed E-state index contributed by atoms with van der Waals surface area (Å²) in [5.41, 5.74) is -0.200. The second-order valence-corrected chi connectivity index (χ2v) is 7.68. The third-order valence-electron chi connectivity index (χ3n) is 4.20. The number of nitrogens with one attached hydrogen (secondary N) is 1. The van der Waals surface area contributed by atoms with Crippen molar-refractivity contribution in [3.63, 3.8) is 0 Å². The number of aliphatic hydroxyl groups excluding tert-OH is 1. The van der Waals surface area contributed by atoms with Gasteiger partial charge in [0, 0.05) is 24.4 Å². The van der Waals surface area contributed by atoms with E-state index in [9.17, 15) is 18.7 Å². The van der Waals surface area contributed by atoms with Crippen LogP contribution in [0.15, 0.2) is 60.2 Å². The smallest absolute Gasteiger partial charge is 0.184 e. The molecule has 1 aliphatic carbocycles. The van der Waals surface area contributed by atoms with Gasteiger partial charge in [-0.2, -0.15) is 0 Å². The Morgan fingerprint density at radius 1 is 1.41 bits per heavy atom. The van der Waals surface area contributed by atoms with Crippen molar-refractivity contribution in [3.05, 3.63) is 75.0 Å². The average molecular weight is 409 g/mol. The number of carbonyl (C=O) groups excluding carboxylic acids is 1. The van der Waals surface area contributed by atoms with Gasteiger partial charge in [0.15, 0.2) is 5.78 Å². The van der Waals surface area contributed by atoms with Crippen molar-refractivity contribution in [1.29, 1.82) is 5.41 Å². The van der Waals surface area contributed by atoms with E-state index in [1.807, 2.05) is 0 Å². The summed E-state index contributed by atoms with van der Waals surface area (Å²) in [4.78, 5) is 17.2. The molecular weight excluding hydrogens is 394 g/mol. The zero-order valence-corrected chi connectivity index (χ0v) is 15.5. The maximum atomic E-state index is 14.3. The first kappa shape index (κ1) is 19.5. The van der Waals surface area contributed by atoms with E-state index in [2.05, 4.69) is 4.98 Å². The molecule has 2 aromatic rings. The lowest BCUT2D eigenvalue weighted by molar-refractivity contribution is 0.0796. The summed E-state index contributed by atoms with van der Waals surface area (Å²) in [5, 5.41) is 19.2. The molecule has 3 unspecified atom stereocenters. The number of pyridine rings is 1. The van der Waals surface area contributed by atoms with E-state index in [-0.39, 0.29) is 16.9 Å². The van der Waals surface area contributed by atoms with Crippen LogP contribution in [0.2, 0.25) is 4.34 Å². The van der Waals surface area contributed by atoms with Gasteiger partial charge in [-0.15, -0.1) is 11.3 Å². The van der Waals surface area contributed by atoms with Crippen molar-refractivity contribution >= 4 is 34.4 Å². The normalized spacial score (nSPS) is 19.0. The summed E-state index contributed by atoms with van der Waals surface area (Å²) in [6, 6.07) is 6.18. The molecule has 8 heteroatoms. The molecule has 0 bridgehead atoms. The van der Waals surface area contributed by atoms with Gasteiger partial charge in [-0.25, -0.2) is 8.78 Å². The van der Waals surface area contributed by atoms with Crippen LogP contribution >= 0.6 is 22.9 Å². The molecule has 0 spiro atoms. The molecule has 3 atom stereocenters. The minimum Gasteiger partial charge on any atom is -0.387 e. The summed E-state index contributed by atoms with van der Waals surface area (Å²) < 4.78 is 28.0. The lowest BCUT2D eigenvalue weighted by Crippen LogP contribution is -2.33. The number of nitrogens with zero attached hydrogens (tertiary/aromatic N) is 1. The second kappa shape index (κ2) is 8.21. The molecule has 0 amide bonds. The molecule has 0 fully saturated rings. The highest BCUT2D eigenvalue weighted by Gasteiger charge is 2.37. The van der Waals surface area contributed by atoms with Crippen LogP contribution in [0.1, 0.15) is 27.8 Å². The first-order valence-corrected chi connectivity index (χ1v) is 9.24. The van der Waals surface area contributed by atoms with E-state index in [0.717, 1.165) is 17.4 Å². The summed E-state index contributed by atoms with van der Waals surface area (Å²) in [5.74, 6) is -2.57. The van der Waals surface area contributed by atoms with Gasteiger partial charge in [0.1, 0.15) is 12.0 Å². The van der Waals surface area contributed by atoms with Gasteiger partial charge in [0.2, 0.25) is 0 Å². The number of carbonyl (C=O) groups is 1. The number of aliphatic hydroxyl groups is 1. The molecule has 1 aliphatic rings. The van der Waals surface area contributed by atoms with Crippen molar-refractivity contribution in [2.75, 3.05) is 0 Å². The minimum absolute atomic E-state index is 0.125. The molecule has 0 saturated carbocycles. The van der Waals surface area contributed by atoms with E-state index in [0.29, 0.717) is 9.90 Å². The quantitative estimate of drug-likeness (QED) is 0.529. The molecule has 3 rings (SSSR count). The Bertz CT molecular complexity index is 927. The second-order valence-electron chi connectivity index (χ2n) is 5.97. The molecule has 140 valence electrons. The minimum atomic E-state index is -1.85. The van der Waals surface area contributed by atoms with Gasteiger partial charge >= 0.3 is 0 Å². The largest absolute Gasteiger partial charge is 0.387 e. The molecular formula is C19H15ClF2N2O2S. The SMILES string of the molecule is N=C(C1=CCC(F)=CC1F)C(C(=O)c1ccc(Cl)s1)C(O)c1cccnc1. The summed E-state index contributed by atoms with van der Waals surface area (Å²) >= 11 is 6.90. The third-order valence-corrected chi connectivity index (χ3v) is 5.45. The van der Waals surface area contributed by atoms with Gasteiger partial charge in [0.25, 0.3) is 0 Å². The van der Waals surface area contributed by atoms with Crippen LogP contribution in [0, 0.1) is 11.3 Å². The highest BCUT2D eigenvalue weighted by Crippen LogP contribution is 2.34. The molecule has 0 saturated heterocycles. The summed E-state index contributed by atoms with van der Waals surface area (Å²) in [7, 11) is 0. The summed E-state index contributed by atoms with van der Waals surface area (Å²) in [6.45, 7) is 0. The molecule has 2 aromatic heterocycles. The van der Waals surface area contributed by atoms with Crippen LogP contribution in [0.4, 0.5) is 8.78 Å². The number of ketones is 1. The number of rotatable bonds is 6. The topological polar surface area (TPSA) is 74.0 Å². The van der Waals surface area contributed by atoms with Crippen LogP contribution in [-0.2, 0) is 0 Å². The third kappa shape index (κ3) is 4.21. The fourth-order valence-electron chi connectivity index (χ4n) is 2.85. The number of halogens is 3. The highest BCUT2D eigenvalue weighted by atomic mass is 35.5. The zero-order valence-electron chi connectivity index (χ0n) is 13.9. The Labute approximate surface area is 163 Å². The van der Waals surface area contributed by atoms with Gasteiger partial charge in [-0.05, 0) is 29.8 Å². The van der Waals surface area contributed by atoms with Crippen LogP contribution < -0.4 is 0 Å². The van der Waals surface area contributed by atoms with Crippen molar-refractivity contribution < 1.29 is 18.7 Å². The Hall–Kier alpha value is -2.22. The van der Waals surface area contributed by atoms with Crippen LogP contribution in [0.3, 0.4) is 0 Å². The fourth-order valence-corrected chi connectivity index (χ4v) is 3.87. The number of alkyl halides is 1. The van der Waals surface area contributed by atoms with Crippen molar-refractivity contribution in [2.45, 2.75) is 18.7 Å². The maximum Gasteiger partial charge on any atom is 0.184 e. The van der Waals surface area contributed by atoms with Gasteiger partial charge in [-0.3, -0.25) is 9.78 Å². The number of allylic oxidation sites excluding steroid dienone is 4. The molecule has 0 radical (unpaired) electrons. The number of hydrogen-bond acceptors (Lipinski definition) is 5. The number of thiophene rings is 1. The molecule has 0 aliphatic heterocycles. The summed E-state index contributed by atoms with van der Waals surface area (Å²) in [6.07, 6.45) is 1.46. The standard InChI is InChI=1S/C19H15ClF2N2O2S/c20-15-6-5-14(27-15)19(26)16(18(25)10-2-1-7-24-9-10)17(23)12-4-3-11(21)8-13(12)22/h1-2,4-9,13,16,18,23,25H,3H2. The average Bonchev–Trinajstić information content (AvgIpc) is 3.08. The van der Waals surface area contributed by atoms with Gasteiger partial charge < -0.3 is 10.5 Å². The van der Waals surface area contributed by atoms with Crippen molar-refractivity contribution in [2.24, 2.45) is 5.92 Å². The molecule has 2 N–H and O–H groups in total. The van der Waals surface area contributed by atoms with E-state index >= 15 is 0 Å². The fraction of sp³-hybridized carbons (Fsp3) is 0.211. The Morgan fingerprint density at radius 3 is 2.78 bits per heavy atom. The van der Waals surface area contributed by atoms with Crippen LogP contribution in [0.25, 0.3) is 0 Å². The first-order chi connectivity index (χ1) is 12.9. The Kier molecular flexibility index (Phi) is 5.94. The van der Waals surface area contributed by atoms with Gasteiger partial charge in [0.05, 0.1) is 26.9 Å². The first-order valence-electron chi connectivity index (χ1n) is 8.05. The van der Waals surface area contributed by atoms with E-state index in [1.54, 1.807) is 12.1 Å². The number of hydrogen-bond donors (Lipinski definition) is 2. The van der Waals surface area contributed by atoms with Gasteiger partial charge in [-0.1, -0.05) is 23.7 Å². The van der Waals surface area contributed by atoms with Crippen molar-refractivity contribution in [3.8, 4) is 0 Å². The molecule has 4 nitrogen and oxygen atoms in total. The molecule has 2 heterocycles. The lowest BCUT2D eigenvalue weighted by atomic mass is 9.82. The van der Waals surface area contributed by atoms with E-state index < -0.39 is 35.5 Å². The van der Waals surface area contributed by atoms with Crippen LogP contribution in [-0.4, -0.2) is 27.8 Å². The van der Waals surface area contributed by atoms with E-state index in [1.165, 1.54) is 30.6 Å². The maximum absolute atomic E-state index is 14.3. The van der Waals surface area contributed by atoms with Crippen molar-refractivity contribution in [1.82, 2.24) is 4.98 Å². The number of aromatic nitrogens is 1. The monoisotopic (exact) mass is 408 g/mol. The number of Topliss-reactive ketones (excluding diaryl/α,β-unsaturated/α-hetero) is 1.